The first-order valence-corrected chi connectivity index (χ1v) is 4.85. The van der Waals surface area contributed by atoms with Crippen LogP contribution in [0, 0.1) is 11.6 Å². The van der Waals surface area contributed by atoms with Crippen molar-refractivity contribution in [1.29, 1.82) is 0 Å². The van der Waals surface area contributed by atoms with Crippen LogP contribution in [0.3, 0.4) is 0 Å². The predicted molar refractivity (Wildman–Crippen MR) is 53.6 cm³/mol. The third-order valence-corrected chi connectivity index (χ3v) is 2.37. The van der Waals surface area contributed by atoms with Crippen molar-refractivity contribution in [1.82, 2.24) is 9.78 Å². The standard InChI is InChI=1S/C11H7F5N2/c1-18-10(11(14,15)16)5-9(17-18)7-4-6(12)2-3-8(7)13/h2-5H,1H3. The molecule has 0 radical (unpaired) electrons. The van der Waals surface area contributed by atoms with E-state index in [-0.39, 0.29) is 11.3 Å². The van der Waals surface area contributed by atoms with Crippen molar-refractivity contribution in [2.75, 3.05) is 0 Å². The number of alkyl halides is 3. The highest BCUT2D eigenvalue weighted by Gasteiger charge is 2.35. The first-order chi connectivity index (χ1) is 8.29. The highest BCUT2D eigenvalue weighted by Crippen LogP contribution is 2.32. The molecule has 0 unspecified atom stereocenters. The Hall–Kier alpha value is -1.92. The Kier molecular flexibility index (Phi) is 2.84. The zero-order chi connectivity index (χ0) is 13.5. The Bertz CT molecular complexity index is 586. The molecule has 2 rings (SSSR count). The number of halogens is 5. The summed E-state index contributed by atoms with van der Waals surface area (Å²) in [4.78, 5) is 0. The van der Waals surface area contributed by atoms with E-state index in [1.807, 2.05) is 0 Å². The topological polar surface area (TPSA) is 17.8 Å². The average Bonchev–Trinajstić information content (AvgIpc) is 2.63. The molecule has 0 amide bonds. The molecule has 0 aliphatic carbocycles. The largest absolute Gasteiger partial charge is 0.433 e. The van der Waals surface area contributed by atoms with Crippen molar-refractivity contribution in [2.45, 2.75) is 6.18 Å². The molecule has 96 valence electrons. The van der Waals surface area contributed by atoms with Gasteiger partial charge < -0.3 is 0 Å². The van der Waals surface area contributed by atoms with Gasteiger partial charge in [0.1, 0.15) is 17.3 Å². The molecule has 0 atom stereocenters. The first-order valence-electron chi connectivity index (χ1n) is 4.85. The molecule has 0 N–H and O–H groups in total. The number of nitrogens with zero attached hydrogens (tertiary/aromatic N) is 2. The first kappa shape index (κ1) is 12.5. The molecule has 0 bridgehead atoms. The van der Waals surface area contributed by atoms with Crippen molar-refractivity contribution in [3.63, 3.8) is 0 Å². The molecule has 1 heterocycles. The summed E-state index contributed by atoms with van der Waals surface area (Å²) >= 11 is 0. The lowest BCUT2D eigenvalue weighted by Gasteiger charge is -2.04. The number of benzene rings is 1. The van der Waals surface area contributed by atoms with Crippen LogP contribution in [0.2, 0.25) is 0 Å². The number of aromatic nitrogens is 2. The summed E-state index contributed by atoms with van der Waals surface area (Å²) in [7, 11) is 1.09. The van der Waals surface area contributed by atoms with Gasteiger partial charge in [0.05, 0.1) is 5.69 Å². The van der Waals surface area contributed by atoms with E-state index in [0.717, 1.165) is 25.2 Å². The summed E-state index contributed by atoms with van der Waals surface area (Å²) in [6.07, 6.45) is -4.59. The van der Waals surface area contributed by atoms with Gasteiger partial charge in [0.2, 0.25) is 0 Å². The highest BCUT2D eigenvalue weighted by atomic mass is 19.4. The molecule has 1 aromatic heterocycles. The van der Waals surface area contributed by atoms with Gasteiger partial charge in [-0.3, -0.25) is 4.68 Å². The monoisotopic (exact) mass is 262 g/mol. The van der Waals surface area contributed by atoms with Crippen LogP contribution in [-0.4, -0.2) is 9.78 Å². The summed E-state index contributed by atoms with van der Waals surface area (Å²) in [5, 5.41) is 3.54. The van der Waals surface area contributed by atoms with Crippen LogP contribution in [0.15, 0.2) is 24.3 Å². The van der Waals surface area contributed by atoms with Crippen molar-refractivity contribution in [3.05, 3.63) is 41.6 Å². The van der Waals surface area contributed by atoms with Gasteiger partial charge in [-0.05, 0) is 24.3 Å². The maximum absolute atomic E-state index is 13.4. The van der Waals surface area contributed by atoms with Crippen molar-refractivity contribution < 1.29 is 22.0 Å². The van der Waals surface area contributed by atoms with Gasteiger partial charge in [-0.1, -0.05) is 0 Å². The number of rotatable bonds is 1. The summed E-state index contributed by atoms with van der Waals surface area (Å²) in [6, 6.07) is 3.20. The maximum atomic E-state index is 13.4. The molecule has 2 aromatic rings. The normalized spacial score (nSPS) is 11.9. The fourth-order valence-corrected chi connectivity index (χ4v) is 1.56. The van der Waals surface area contributed by atoms with E-state index >= 15 is 0 Å². The van der Waals surface area contributed by atoms with Gasteiger partial charge in [0.15, 0.2) is 0 Å². The third kappa shape index (κ3) is 2.20. The molecule has 0 spiro atoms. The number of hydrogen-bond acceptors (Lipinski definition) is 1. The summed E-state index contributed by atoms with van der Waals surface area (Å²) in [5.41, 5.74) is -1.59. The van der Waals surface area contributed by atoms with Gasteiger partial charge >= 0.3 is 6.18 Å². The second-order valence-corrected chi connectivity index (χ2v) is 3.66. The van der Waals surface area contributed by atoms with Crippen LogP contribution < -0.4 is 0 Å². The second-order valence-electron chi connectivity index (χ2n) is 3.66. The molecule has 7 heteroatoms. The van der Waals surface area contributed by atoms with Crippen molar-refractivity contribution in [3.8, 4) is 11.3 Å². The summed E-state index contributed by atoms with van der Waals surface area (Å²) < 4.78 is 64.5. The SMILES string of the molecule is Cn1nc(-c2cc(F)ccc2F)cc1C(F)(F)F. The molecular formula is C11H7F5N2. The molecule has 0 saturated carbocycles. The van der Waals surface area contributed by atoms with Crippen LogP contribution in [0.25, 0.3) is 11.3 Å². The van der Waals surface area contributed by atoms with Crippen LogP contribution >= 0.6 is 0 Å². The van der Waals surface area contributed by atoms with Crippen LogP contribution in [-0.2, 0) is 13.2 Å². The zero-order valence-corrected chi connectivity index (χ0v) is 9.09. The van der Waals surface area contributed by atoms with E-state index in [1.165, 1.54) is 0 Å². The molecule has 1 aromatic carbocycles. The third-order valence-electron chi connectivity index (χ3n) is 2.37. The maximum Gasteiger partial charge on any atom is 0.433 e. The van der Waals surface area contributed by atoms with Gasteiger partial charge in [0, 0.05) is 12.6 Å². The van der Waals surface area contributed by atoms with E-state index < -0.39 is 23.5 Å². The minimum absolute atomic E-state index is 0.262. The summed E-state index contributed by atoms with van der Waals surface area (Å²) in [5.74, 6) is -1.58. The molecule has 0 aliphatic rings. The van der Waals surface area contributed by atoms with Crippen molar-refractivity contribution >= 4 is 0 Å². The predicted octanol–water partition coefficient (Wildman–Crippen LogP) is 3.38. The Morgan fingerprint density at radius 2 is 1.78 bits per heavy atom. The Balaban J connectivity index is 2.56. The lowest BCUT2D eigenvalue weighted by Crippen LogP contribution is -2.11. The number of aryl methyl sites for hydroxylation is 1. The van der Waals surface area contributed by atoms with Crippen molar-refractivity contribution in [2.24, 2.45) is 7.05 Å². The Morgan fingerprint density at radius 3 is 2.33 bits per heavy atom. The fourth-order valence-electron chi connectivity index (χ4n) is 1.56. The lowest BCUT2D eigenvalue weighted by atomic mass is 10.1. The number of hydrogen-bond donors (Lipinski definition) is 0. The minimum Gasteiger partial charge on any atom is -0.263 e. The smallest absolute Gasteiger partial charge is 0.263 e. The molecule has 0 saturated heterocycles. The van der Waals surface area contributed by atoms with Gasteiger partial charge in [0.25, 0.3) is 0 Å². The quantitative estimate of drug-likeness (QED) is 0.720. The minimum atomic E-state index is -4.59. The second kappa shape index (κ2) is 4.08. The molecular weight excluding hydrogens is 255 g/mol. The lowest BCUT2D eigenvalue weighted by molar-refractivity contribution is -0.143. The van der Waals surface area contributed by atoms with E-state index in [1.54, 1.807) is 0 Å². The molecule has 0 aliphatic heterocycles. The fraction of sp³-hybridized carbons (Fsp3) is 0.182. The van der Waals surface area contributed by atoms with E-state index in [2.05, 4.69) is 5.10 Å². The van der Waals surface area contributed by atoms with Gasteiger partial charge in [-0.15, -0.1) is 0 Å². The van der Waals surface area contributed by atoms with E-state index in [9.17, 15) is 22.0 Å². The van der Waals surface area contributed by atoms with Crippen LogP contribution in [0.4, 0.5) is 22.0 Å². The van der Waals surface area contributed by atoms with Crippen LogP contribution in [0.5, 0.6) is 0 Å². The Morgan fingerprint density at radius 1 is 1.11 bits per heavy atom. The Labute approximate surface area is 98.7 Å². The van der Waals surface area contributed by atoms with Gasteiger partial charge in [-0.25, -0.2) is 8.78 Å². The van der Waals surface area contributed by atoms with Gasteiger partial charge in [-0.2, -0.15) is 18.3 Å². The summed E-state index contributed by atoms with van der Waals surface area (Å²) in [6.45, 7) is 0. The van der Waals surface area contributed by atoms with Crippen LogP contribution in [0.1, 0.15) is 5.69 Å². The van der Waals surface area contributed by atoms with E-state index in [4.69, 9.17) is 0 Å². The molecule has 0 fully saturated rings. The van der Waals surface area contributed by atoms with E-state index in [0.29, 0.717) is 10.7 Å². The average molecular weight is 262 g/mol. The molecule has 2 nitrogen and oxygen atoms in total. The molecule has 18 heavy (non-hydrogen) atoms. The zero-order valence-electron chi connectivity index (χ0n) is 9.09. The highest BCUT2D eigenvalue weighted by molar-refractivity contribution is 5.60.